The molecule has 15 heavy (non-hydrogen) atoms. The van der Waals surface area contributed by atoms with Crippen molar-refractivity contribution in [2.45, 2.75) is 32.4 Å². The van der Waals surface area contributed by atoms with Crippen LogP contribution in [0.1, 0.15) is 20.3 Å². The largest absolute Gasteiger partial charge is 0.463 e. The van der Waals surface area contributed by atoms with Crippen molar-refractivity contribution in [2.24, 2.45) is 0 Å². The lowest BCUT2D eigenvalue weighted by atomic mass is 10.4. The Bertz CT molecular complexity index is 198. The van der Waals surface area contributed by atoms with E-state index in [0.717, 1.165) is 12.3 Å². The molecule has 0 aromatic carbocycles. The van der Waals surface area contributed by atoms with Crippen molar-refractivity contribution < 1.29 is 14.3 Å². The maximum absolute atomic E-state index is 11.1. The first-order valence-electron chi connectivity index (χ1n) is 5.43. The lowest BCUT2D eigenvalue weighted by Gasteiger charge is -2.13. The van der Waals surface area contributed by atoms with E-state index < -0.39 is 8.80 Å². The summed E-state index contributed by atoms with van der Waals surface area (Å²) in [7, 11) is 0.879. The highest BCUT2D eigenvalue weighted by Crippen LogP contribution is 2.04. The molecule has 0 saturated heterocycles. The minimum Gasteiger partial charge on any atom is -0.463 e. The van der Waals surface area contributed by atoms with Crippen LogP contribution in [0.25, 0.3) is 0 Å². The van der Waals surface area contributed by atoms with Gasteiger partial charge in [-0.3, -0.25) is 0 Å². The Balaban J connectivity index is 3.69. The van der Waals surface area contributed by atoms with Crippen LogP contribution < -0.4 is 0 Å². The third-order valence-electron chi connectivity index (χ3n) is 2.21. The fourth-order valence-corrected chi connectivity index (χ4v) is 3.76. The fraction of sp³-hybridized carbons (Fsp3) is 0.727. The molecule has 0 radical (unpaired) electrons. The average molecular weight is 230 g/mol. The summed E-state index contributed by atoms with van der Waals surface area (Å²) in [4.78, 5) is 11.1. The molecule has 0 heterocycles. The number of carbonyl (C=O) groups excluding carboxylic acids is 1. The summed E-state index contributed by atoms with van der Waals surface area (Å²) < 4.78 is 10.2. The van der Waals surface area contributed by atoms with E-state index in [-0.39, 0.29) is 5.97 Å². The van der Waals surface area contributed by atoms with Gasteiger partial charge < -0.3 is 9.47 Å². The molecule has 1 atom stereocenters. The van der Waals surface area contributed by atoms with Crippen molar-refractivity contribution in [2.75, 3.05) is 19.9 Å². The number of hydrogen-bond donors (Lipinski definition) is 0. The molecule has 0 aliphatic heterocycles. The minimum atomic E-state index is -0.853. The van der Waals surface area contributed by atoms with Gasteiger partial charge in [0.05, 0.1) is 15.4 Å². The maximum atomic E-state index is 11.1. The molecule has 3 nitrogen and oxygen atoms in total. The van der Waals surface area contributed by atoms with Crippen molar-refractivity contribution in [1.82, 2.24) is 0 Å². The lowest BCUT2D eigenvalue weighted by molar-refractivity contribution is -0.138. The molecule has 0 amide bonds. The smallest absolute Gasteiger partial charge is 0.333 e. The predicted molar refractivity (Wildman–Crippen MR) is 64.7 cm³/mol. The van der Waals surface area contributed by atoms with Crippen LogP contribution in [0.15, 0.2) is 12.2 Å². The second-order valence-corrected chi connectivity index (χ2v) is 7.04. The Labute approximate surface area is 94.1 Å². The molecule has 0 bridgehead atoms. The first-order chi connectivity index (χ1) is 7.11. The van der Waals surface area contributed by atoms with Crippen molar-refractivity contribution in [3.8, 4) is 0 Å². The molecule has 0 aliphatic rings. The molecule has 0 spiro atoms. The van der Waals surface area contributed by atoms with E-state index in [1.807, 2.05) is 0 Å². The van der Waals surface area contributed by atoms with Crippen LogP contribution in [0, 0.1) is 0 Å². The number of hydrogen-bond acceptors (Lipinski definition) is 3. The van der Waals surface area contributed by atoms with Gasteiger partial charge in [-0.1, -0.05) is 26.0 Å². The van der Waals surface area contributed by atoms with Gasteiger partial charge in [-0.05, 0) is 13.0 Å². The van der Waals surface area contributed by atoms with Crippen LogP contribution in [0.4, 0.5) is 0 Å². The Morgan fingerprint density at radius 3 is 2.53 bits per heavy atom. The maximum Gasteiger partial charge on any atom is 0.333 e. The topological polar surface area (TPSA) is 35.5 Å². The van der Waals surface area contributed by atoms with E-state index in [1.165, 1.54) is 12.5 Å². The summed E-state index contributed by atoms with van der Waals surface area (Å²) in [5.74, 6) is -0.281. The molecule has 0 aromatic heterocycles. The molecular formula is C11H22O3Si. The van der Waals surface area contributed by atoms with Crippen molar-refractivity contribution in [3.63, 3.8) is 0 Å². The average Bonchev–Trinajstić information content (AvgIpc) is 2.18. The molecule has 0 saturated carbocycles. The van der Waals surface area contributed by atoms with Gasteiger partial charge in [0, 0.05) is 18.9 Å². The second-order valence-electron chi connectivity index (χ2n) is 3.81. The van der Waals surface area contributed by atoms with E-state index in [1.54, 1.807) is 14.0 Å². The number of rotatable bonds is 8. The van der Waals surface area contributed by atoms with Gasteiger partial charge in [-0.2, -0.15) is 0 Å². The number of carbonyl (C=O) groups is 1. The zero-order valence-corrected chi connectivity index (χ0v) is 11.2. The number of esters is 1. The van der Waals surface area contributed by atoms with Gasteiger partial charge >= 0.3 is 5.97 Å². The Hall–Kier alpha value is -0.613. The summed E-state index contributed by atoms with van der Waals surface area (Å²) in [6, 6.07) is 2.25. The highest BCUT2D eigenvalue weighted by Gasteiger charge is 2.11. The van der Waals surface area contributed by atoms with Crippen LogP contribution in [0.2, 0.25) is 12.1 Å². The highest BCUT2D eigenvalue weighted by atomic mass is 28.3. The third-order valence-corrected chi connectivity index (χ3v) is 5.46. The Morgan fingerprint density at radius 2 is 2.07 bits per heavy atom. The molecule has 0 N–H and O–H groups in total. The van der Waals surface area contributed by atoms with Gasteiger partial charge in [-0.25, -0.2) is 4.79 Å². The molecule has 4 heteroatoms. The highest BCUT2D eigenvalue weighted by molar-refractivity contribution is 6.58. The van der Waals surface area contributed by atoms with E-state index in [2.05, 4.69) is 13.5 Å². The van der Waals surface area contributed by atoms with E-state index in [9.17, 15) is 4.79 Å². The standard InChI is InChI=1S/C11H22O3Si/c1-5-7-15(9-13-4)8-6-14-11(12)10(2)3/h15H,2,5-9H2,1,3-4H3. The fourth-order valence-electron chi connectivity index (χ4n) is 1.40. The van der Waals surface area contributed by atoms with E-state index in [0.29, 0.717) is 12.2 Å². The molecule has 0 rings (SSSR count). The van der Waals surface area contributed by atoms with E-state index in [4.69, 9.17) is 9.47 Å². The molecule has 0 aliphatic carbocycles. The summed E-state index contributed by atoms with van der Waals surface area (Å²) in [6.07, 6.45) is 2.06. The van der Waals surface area contributed by atoms with Gasteiger partial charge in [-0.15, -0.1) is 0 Å². The summed E-state index contributed by atoms with van der Waals surface area (Å²) in [5, 5.41) is 0. The van der Waals surface area contributed by atoms with Crippen LogP contribution in [0.3, 0.4) is 0 Å². The Morgan fingerprint density at radius 1 is 1.40 bits per heavy atom. The molecule has 88 valence electrons. The van der Waals surface area contributed by atoms with Crippen LogP contribution in [0.5, 0.6) is 0 Å². The molecule has 0 aromatic rings. The third kappa shape index (κ3) is 7.33. The monoisotopic (exact) mass is 230 g/mol. The van der Waals surface area contributed by atoms with E-state index >= 15 is 0 Å². The normalized spacial score (nSPS) is 12.2. The van der Waals surface area contributed by atoms with Gasteiger partial charge in [0.15, 0.2) is 0 Å². The van der Waals surface area contributed by atoms with Crippen LogP contribution >= 0.6 is 0 Å². The predicted octanol–water partition coefficient (Wildman–Crippen LogP) is 1.93. The summed E-state index contributed by atoms with van der Waals surface area (Å²) in [5.41, 5.74) is 0.468. The van der Waals surface area contributed by atoms with Gasteiger partial charge in [0.2, 0.25) is 0 Å². The Kier molecular flexibility index (Phi) is 8.32. The SMILES string of the molecule is C=C(C)C(=O)OCC[SiH](CCC)COC. The summed E-state index contributed by atoms with van der Waals surface area (Å²) >= 11 is 0. The molecule has 0 fully saturated rings. The zero-order chi connectivity index (χ0) is 11.7. The number of methoxy groups -OCH3 is 1. The minimum absolute atomic E-state index is 0.281. The molecular weight excluding hydrogens is 208 g/mol. The molecule has 1 unspecified atom stereocenters. The second kappa shape index (κ2) is 8.68. The zero-order valence-electron chi connectivity index (χ0n) is 10.0. The van der Waals surface area contributed by atoms with Gasteiger partial charge in [0.1, 0.15) is 0 Å². The van der Waals surface area contributed by atoms with Crippen LogP contribution in [-0.4, -0.2) is 34.7 Å². The first kappa shape index (κ1) is 14.4. The quantitative estimate of drug-likeness (QED) is 0.363. The first-order valence-corrected chi connectivity index (χ1v) is 7.88. The lowest BCUT2D eigenvalue weighted by Crippen LogP contribution is -2.22. The van der Waals surface area contributed by atoms with Crippen molar-refractivity contribution in [3.05, 3.63) is 12.2 Å². The van der Waals surface area contributed by atoms with Gasteiger partial charge in [0.25, 0.3) is 0 Å². The van der Waals surface area contributed by atoms with Crippen molar-refractivity contribution >= 4 is 14.8 Å². The van der Waals surface area contributed by atoms with Crippen molar-refractivity contribution in [1.29, 1.82) is 0 Å². The summed E-state index contributed by atoms with van der Waals surface area (Å²) in [6.45, 7) is 7.90. The van der Waals surface area contributed by atoms with Crippen LogP contribution in [-0.2, 0) is 14.3 Å². The number of ether oxygens (including phenoxy) is 2.